The molecule has 0 amide bonds. The second-order valence-electron chi connectivity index (χ2n) is 4.95. The molecule has 2 atom stereocenters. The van der Waals surface area contributed by atoms with E-state index in [0.29, 0.717) is 12.1 Å². The van der Waals surface area contributed by atoms with Gasteiger partial charge in [-0.2, -0.15) is 0 Å². The van der Waals surface area contributed by atoms with E-state index in [0.717, 1.165) is 19.4 Å². The molecule has 76 valence electrons. The molecule has 1 heterocycles. The maximum Gasteiger partial charge on any atom is 0.0814 e. The molecule has 1 saturated heterocycles. The molecule has 0 aromatic heterocycles. The normalized spacial score (nSPS) is 41.1. The predicted octanol–water partition coefficient (Wildman–Crippen LogP) is 1.77. The van der Waals surface area contributed by atoms with Crippen molar-refractivity contribution >= 4 is 0 Å². The van der Waals surface area contributed by atoms with Crippen molar-refractivity contribution < 1.29 is 5.11 Å². The first-order valence-electron chi connectivity index (χ1n) is 5.61. The molecule has 2 nitrogen and oxygen atoms in total. The van der Waals surface area contributed by atoms with Crippen LogP contribution in [0, 0.1) is 0 Å². The Morgan fingerprint density at radius 1 is 1.31 bits per heavy atom. The SMILES string of the molecule is CC(C)N1CC[C@]2(O)CCCC[C@H]12. The molecule has 2 fully saturated rings. The molecule has 1 aliphatic heterocycles. The Morgan fingerprint density at radius 3 is 2.77 bits per heavy atom. The third-order valence-electron chi connectivity index (χ3n) is 3.82. The topological polar surface area (TPSA) is 23.5 Å². The van der Waals surface area contributed by atoms with Crippen molar-refractivity contribution in [3.63, 3.8) is 0 Å². The van der Waals surface area contributed by atoms with E-state index in [4.69, 9.17) is 0 Å². The van der Waals surface area contributed by atoms with Gasteiger partial charge in [0, 0.05) is 18.6 Å². The number of nitrogens with zero attached hydrogens (tertiary/aromatic N) is 1. The number of hydrogen-bond acceptors (Lipinski definition) is 2. The largest absolute Gasteiger partial charge is 0.388 e. The van der Waals surface area contributed by atoms with Crippen LogP contribution in [0.2, 0.25) is 0 Å². The zero-order valence-electron chi connectivity index (χ0n) is 8.79. The van der Waals surface area contributed by atoms with Crippen LogP contribution >= 0.6 is 0 Å². The van der Waals surface area contributed by atoms with Crippen LogP contribution in [-0.4, -0.2) is 34.2 Å². The van der Waals surface area contributed by atoms with Crippen molar-refractivity contribution in [2.75, 3.05) is 6.54 Å². The van der Waals surface area contributed by atoms with Crippen LogP contribution in [0.5, 0.6) is 0 Å². The Hall–Kier alpha value is -0.0800. The molecular weight excluding hydrogens is 162 g/mol. The van der Waals surface area contributed by atoms with Crippen LogP contribution in [0.25, 0.3) is 0 Å². The summed E-state index contributed by atoms with van der Waals surface area (Å²) in [6.07, 6.45) is 5.75. The summed E-state index contributed by atoms with van der Waals surface area (Å²) in [4.78, 5) is 2.49. The zero-order valence-corrected chi connectivity index (χ0v) is 8.79. The lowest BCUT2D eigenvalue weighted by Gasteiger charge is -2.39. The summed E-state index contributed by atoms with van der Waals surface area (Å²) in [5, 5.41) is 10.4. The minimum absolute atomic E-state index is 0.331. The maximum absolute atomic E-state index is 10.4. The van der Waals surface area contributed by atoms with Gasteiger partial charge in [0.1, 0.15) is 0 Å². The van der Waals surface area contributed by atoms with Crippen LogP contribution in [0.3, 0.4) is 0 Å². The van der Waals surface area contributed by atoms with Crippen molar-refractivity contribution in [2.24, 2.45) is 0 Å². The van der Waals surface area contributed by atoms with Gasteiger partial charge in [-0.25, -0.2) is 0 Å². The highest BCUT2D eigenvalue weighted by atomic mass is 16.3. The number of fused-ring (bicyclic) bond motifs is 1. The van der Waals surface area contributed by atoms with Gasteiger partial charge in [-0.3, -0.25) is 4.90 Å². The Morgan fingerprint density at radius 2 is 2.08 bits per heavy atom. The number of hydrogen-bond donors (Lipinski definition) is 1. The molecule has 0 bridgehead atoms. The molecule has 0 aromatic carbocycles. The van der Waals surface area contributed by atoms with Crippen molar-refractivity contribution in [1.82, 2.24) is 4.90 Å². The van der Waals surface area contributed by atoms with E-state index in [1.54, 1.807) is 0 Å². The second kappa shape index (κ2) is 3.25. The van der Waals surface area contributed by atoms with Crippen LogP contribution in [0.15, 0.2) is 0 Å². The average molecular weight is 183 g/mol. The van der Waals surface area contributed by atoms with Gasteiger partial charge in [0.2, 0.25) is 0 Å². The Kier molecular flexibility index (Phi) is 2.37. The predicted molar refractivity (Wildman–Crippen MR) is 53.7 cm³/mol. The highest BCUT2D eigenvalue weighted by Gasteiger charge is 2.47. The molecule has 0 aromatic rings. The Balaban J connectivity index is 2.12. The minimum atomic E-state index is -0.331. The van der Waals surface area contributed by atoms with Crippen LogP contribution in [0.1, 0.15) is 46.0 Å². The first-order chi connectivity index (χ1) is 6.13. The van der Waals surface area contributed by atoms with Crippen molar-refractivity contribution in [3.05, 3.63) is 0 Å². The van der Waals surface area contributed by atoms with E-state index in [9.17, 15) is 5.11 Å². The highest BCUT2D eigenvalue weighted by molar-refractivity contribution is 5.02. The van der Waals surface area contributed by atoms with E-state index < -0.39 is 0 Å². The fraction of sp³-hybridized carbons (Fsp3) is 1.00. The molecule has 1 saturated carbocycles. The standard InChI is InChI=1S/C11H21NO/c1-9(2)12-8-7-11(13)6-4-3-5-10(11)12/h9-10,13H,3-8H2,1-2H3/t10-,11+/m0/s1. The summed E-state index contributed by atoms with van der Waals surface area (Å²) >= 11 is 0. The lowest BCUT2D eigenvalue weighted by Crippen LogP contribution is -2.48. The molecule has 0 unspecified atom stereocenters. The molecule has 0 spiro atoms. The monoisotopic (exact) mass is 183 g/mol. The third kappa shape index (κ3) is 1.50. The van der Waals surface area contributed by atoms with Crippen molar-refractivity contribution in [2.45, 2.75) is 63.6 Å². The lowest BCUT2D eigenvalue weighted by molar-refractivity contribution is -0.0311. The number of likely N-dealkylation sites (tertiary alicyclic amines) is 1. The summed E-state index contributed by atoms with van der Waals surface area (Å²) in [6.45, 7) is 5.57. The maximum atomic E-state index is 10.4. The molecule has 2 aliphatic rings. The van der Waals surface area contributed by atoms with E-state index in [1.165, 1.54) is 19.3 Å². The number of aliphatic hydroxyl groups is 1. The summed E-state index contributed by atoms with van der Waals surface area (Å²) in [7, 11) is 0. The molecular formula is C11H21NO. The van der Waals surface area contributed by atoms with Gasteiger partial charge >= 0.3 is 0 Å². The fourth-order valence-electron chi connectivity index (χ4n) is 3.07. The van der Waals surface area contributed by atoms with Crippen LogP contribution in [0.4, 0.5) is 0 Å². The first-order valence-corrected chi connectivity index (χ1v) is 5.61. The summed E-state index contributed by atoms with van der Waals surface area (Å²) in [6, 6.07) is 1.05. The first kappa shape index (κ1) is 9.47. The van der Waals surface area contributed by atoms with Crippen molar-refractivity contribution in [1.29, 1.82) is 0 Å². The second-order valence-corrected chi connectivity index (χ2v) is 4.95. The van der Waals surface area contributed by atoms with Gasteiger partial charge in [-0.1, -0.05) is 12.8 Å². The molecule has 2 heteroatoms. The van der Waals surface area contributed by atoms with Gasteiger partial charge in [0.05, 0.1) is 5.60 Å². The molecule has 1 aliphatic carbocycles. The average Bonchev–Trinajstić information content (AvgIpc) is 2.41. The van der Waals surface area contributed by atoms with Gasteiger partial charge in [0.25, 0.3) is 0 Å². The zero-order chi connectivity index (χ0) is 9.47. The Bertz CT molecular complexity index is 193. The van der Waals surface area contributed by atoms with Crippen molar-refractivity contribution in [3.8, 4) is 0 Å². The molecule has 13 heavy (non-hydrogen) atoms. The van der Waals surface area contributed by atoms with E-state index in [1.807, 2.05) is 0 Å². The van der Waals surface area contributed by atoms with Crippen LogP contribution in [-0.2, 0) is 0 Å². The van der Waals surface area contributed by atoms with E-state index >= 15 is 0 Å². The van der Waals surface area contributed by atoms with Gasteiger partial charge in [-0.05, 0) is 33.1 Å². The summed E-state index contributed by atoms with van der Waals surface area (Å²) in [5.74, 6) is 0. The minimum Gasteiger partial charge on any atom is -0.388 e. The Labute approximate surface area is 80.9 Å². The molecule has 1 N–H and O–H groups in total. The van der Waals surface area contributed by atoms with Crippen LogP contribution < -0.4 is 0 Å². The quantitative estimate of drug-likeness (QED) is 0.670. The highest BCUT2D eigenvalue weighted by Crippen LogP contribution is 2.40. The third-order valence-corrected chi connectivity index (χ3v) is 3.82. The lowest BCUT2D eigenvalue weighted by atomic mass is 9.81. The smallest absolute Gasteiger partial charge is 0.0814 e. The van der Waals surface area contributed by atoms with Gasteiger partial charge in [-0.15, -0.1) is 0 Å². The van der Waals surface area contributed by atoms with E-state index in [2.05, 4.69) is 18.7 Å². The van der Waals surface area contributed by atoms with Gasteiger partial charge < -0.3 is 5.11 Å². The number of rotatable bonds is 1. The molecule has 0 radical (unpaired) electrons. The van der Waals surface area contributed by atoms with E-state index in [-0.39, 0.29) is 5.60 Å². The van der Waals surface area contributed by atoms with Gasteiger partial charge in [0.15, 0.2) is 0 Å². The fourth-order valence-corrected chi connectivity index (χ4v) is 3.07. The summed E-state index contributed by atoms with van der Waals surface area (Å²) < 4.78 is 0. The molecule has 2 rings (SSSR count). The summed E-state index contributed by atoms with van der Waals surface area (Å²) in [5.41, 5.74) is -0.331.